The molecule has 0 aliphatic heterocycles. The highest BCUT2D eigenvalue weighted by Crippen LogP contribution is 2.27. The van der Waals surface area contributed by atoms with Gasteiger partial charge in [-0.1, -0.05) is 48.5 Å². The predicted octanol–water partition coefficient (Wildman–Crippen LogP) is 3.39. The highest BCUT2D eigenvalue weighted by atomic mass is 32.2. The first-order valence-corrected chi connectivity index (χ1v) is 9.69. The quantitative estimate of drug-likeness (QED) is 0.570. The highest BCUT2D eigenvalue weighted by Gasteiger charge is 2.18. The zero-order chi connectivity index (χ0) is 18.9. The zero-order valence-corrected chi connectivity index (χ0v) is 14.9. The summed E-state index contributed by atoms with van der Waals surface area (Å²) in [5.41, 5.74) is 1.69. The van der Waals surface area contributed by atoms with Crippen molar-refractivity contribution in [3.05, 3.63) is 89.2 Å². The van der Waals surface area contributed by atoms with Crippen LogP contribution in [0.3, 0.4) is 0 Å². The maximum Gasteiger partial charge on any atom is 0.275 e. The van der Waals surface area contributed by atoms with Crippen LogP contribution in [0.25, 0.3) is 22.3 Å². The SMILES string of the molecule is O=c1[nH]c2ccccc2nc1-c1ccccc1NS(=O)(=O)c1ccccc1. The predicted molar refractivity (Wildman–Crippen MR) is 105 cm³/mol. The van der Waals surface area contributed by atoms with E-state index < -0.39 is 10.0 Å². The van der Waals surface area contributed by atoms with Crippen LogP contribution in [0.4, 0.5) is 5.69 Å². The van der Waals surface area contributed by atoms with Gasteiger partial charge in [0.25, 0.3) is 15.6 Å². The first-order valence-electron chi connectivity index (χ1n) is 8.21. The molecule has 0 bridgehead atoms. The standard InChI is InChI=1S/C20H15N3O3S/c24-20-19(21-17-12-6-7-13-18(17)22-20)15-10-4-5-11-16(15)23-27(25,26)14-8-2-1-3-9-14/h1-13,23H,(H,22,24). The average molecular weight is 377 g/mol. The van der Waals surface area contributed by atoms with Gasteiger partial charge in [-0.05, 0) is 30.3 Å². The van der Waals surface area contributed by atoms with Crippen LogP contribution in [-0.2, 0) is 10.0 Å². The van der Waals surface area contributed by atoms with Crippen LogP contribution in [0.1, 0.15) is 0 Å². The maximum atomic E-state index is 12.7. The fraction of sp³-hybridized carbons (Fsp3) is 0. The molecule has 0 unspecified atom stereocenters. The molecular formula is C20H15N3O3S. The number of para-hydroxylation sites is 3. The van der Waals surface area contributed by atoms with E-state index in [0.717, 1.165) is 0 Å². The number of hydrogen-bond donors (Lipinski definition) is 2. The third kappa shape index (κ3) is 3.32. The molecular weight excluding hydrogens is 362 g/mol. The lowest BCUT2D eigenvalue weighted by molar-refractivity contribution is 0.601. The Balaban J connectivity index is 1.83. The summed E-state index contributed by atoms with van der Waals surface area (Å²) in [6.07, 6.45) is 0. The summed E-state index contributed by atoms with van der Waals surface area (Å²) in [6, 6.07) is 21.9. The average Bonchev–Trinajstić information content (AvgIpc) is 2.68. The van der Waals surface area contributed by atoms with Crippen LogP contribution in [0, 0.1) is 0 Å². The molecule has 0 amide bonds. The molecule has 7 heteroatoms. The van der Waals surface area contributed by atoms with Crippen molar-refractivity contribution in [3.63, 3.8) is 0 Å². The van der Waals surface area contributed by atoms with Gasteiger partial charge in [-0.25, -0.2) is 13.4 Å². The molecule has 1 heterocycles. The Morgan fingerprint density at radius 1 is 0.815 bits per heavy atom. The molecule has 4 rings (SSSR count). The Labute approximate surface area is 155 Å². The van der Waals surface area contributed by atoms with E-state index in [-0.39, 0.29) is 21.8 Å². The fourth-order valence-corrected chi connectivity index (χ4v) is 3.89. The Kier molecular flexibility index (Phi) is 4.21. The number of sulfonamides is 1. The number of H-pyrrole nitrogens is 1. The smallest absolute Gasteiger partial charge is 0.275 e. The summed E-state index contributed by atoms with van der Waals surface area (Å²) in [5.74, 6) is 0. The molecule has 3 aromatic carbocycles. The van der Waals surface area contributed by atoms with Crippen molar-refractivity contribution < 1.29 is 8.42 Å². The molecule has 0 saturated carbocycles. The number of aromatic nitrogens is 2. The van der Waals surface area contributed by atoms with Crippen molar-refractivity contribution in [3.8, 4) is 11.3 Å². The van der Waals surface area contributed by atoms with Gasteiger partial charge in [0, 0.05) is 5.56 Å². The molecule has 0 radical (unpaired) electrons. The van der Waals surface area contributed by atoms with E-state index >= 15 is 0 Å². The Bertz CT molecular complexity index is 1280. The van der Waals surface area contributed by atoms with Crippen LogP contribution < -0.4 is 10.3 Å². The molecule has 0 fully saturated rings. The lowest BCUT2D eigenvalue weighted by atomic mass is 10.1. The van der Waals surface area contributed by atoms with Gasteiger partial charge in [0.1, 0.15) is 5.69 Å². The number of nitrogens with zero attached hydrogens (tertiary/aromatic N) is 1. The molecule has 6 nitrogen and oxygen atoms in total. The van der Waals surface area contributed by atoms with Gasteiger partial charge < -0.3 is 4.98 Å². The lowest BCUT2D eigenvalue weighted by Gasteiger charge is -2.12. The van der Waals surface area contributed by atoms with Gasteiger partial charge in [-0.3, -0.25) is 9.52 Å². The number of nitrogens with one attached hydrogen (secondary N) is 2. The van der Waals surface area contributed by atoms with Gasteiger partial charge >= 0.3 is 0 Å². The second-order valence-corrected chi connectivity index (χ2v) is 7.58. The Morgan fingerprint density at radius 3 is 2.30 bits per heavy atom. The first-order chi connectivity index (χ1) is 13.0. The van der Waals surface area contributed by atoms with E-state index in [2.05, 4.69) is 14.7 Å². The van der Waals surface area contributed by atoms with Gasteiger partial charge in [-0.2, -0.15) is 0 Å². The zero-order valence-electron chi connectivity index (χ0n) is 14.1. The van der Waals surface area contributed by atoms with Crippen molar-refractivity contribution in [1.82, 2.24) is 9.97 Å². The van der Waals surface area contributed by atoms with E-state index in [4.69, 9.17) is 0 Å². The minimum Gasteiger partial charge on any atom is -0.319 e. The van der Waals surface area contributed by atoms with Gasteiger partial charge in [0.2, 0.25) is 0 Å². The minimum absolute atomic E-state index is 0.139. The number of anilines is 1. The summed E-state index contributed by atoms with van der Waals surface area (Å²) in [5, 5.41) is 0. The maximum absolute atomic E-state index is 12.7. The molecule has 1 aromatic heterocycles. The summed E-state index contributed by atoms with van der Waals surface area (Å²) in [7, 11) is -3.79. The van der Waals surface area contributed by atoms with Crippen LogP contribution >= 0.6 is 0 Å². The van der Waals surface area contributed by atoms with Crippen molar-refractivity contribution in [2.45, 2.75) is 4.90 Å². The topological polar surface area (TPSA) is 91.9 Å². The summed E-state index contributed by atoms with van der Waals surface area (Å²) in [4.78, 5) is 19.9. The van der Waals surface area contributed by atoms with Gasteiger partial charge in [-0.15, -0.1) is 0 Å². The van der Waals surface area contributed by atoms with Gasteiger partial charge in [0.15, 0.2) is 0 Å². The third-order valence-corrected chi connectivity index (χ3v) is 5.46. The van der Waals surface area contributed by atoms with Crippen LogP contribution in [0.5, 0.6) is 0 Å². The van der Waals surface area contributed by atoms with E-state index in [9.17, 15) is 13.2 Å². The second-order valence-electron chi connectivity index (χ2n) is 5.90. The Hall–Kier alpha value is -3.45. The van der Waals surface area contributed by atoms with Crippen molar-refractivity contribution in [2.24, 2.45) is 0 Å². The van der Waals surface area contributed by atoms with Crippen molar-refractivity contribution >= 4 is 26.7 Å². The van der Waals surface area contributed by atoms with E-state index in [0.29, 0.717) is 16.6 Å². The first kappa shape index (κ1) is 17.0. The minimum atomic E-state index is -3.79. The number of benzene rings is 3. The van der Waals surface area contributed by atoms with Crippen molar-refractivity contribution in [1.29, 1.82) is 0 Å². The molecule has 0 saturated heterocycles. The number of fused-ring (bicyclic) bond motifs is 1. The second kappa shape index (κ2) is 6.69. The lowest BCUT2D eigenvalue weighted by Crippen LogP contribution is -2.16. The van der Waals surface area contributed by atoms with E-state index in [1.807, 2.05) is 12.1 Å². The summed E-state index contributed by atoms with van der Waals surface area (Å²) in [6.45, 7) is 0. The van der Waals surface area contributed by atoms with E-state index in [1.165, 1.54) is 12.1 Å². The molecule has 4 aromatic rings. The normalized spacial score (nSPS) is 11.4. The molecule has 0 aliphatic carbocycles. The summed E-state index contributed by atoms with van der Waals surface area (Å²) >= 11 is 0. The molecule has 134 valence electrons. The summed E-state index contributed by atoms with van der Waals surface area (Å²) < 4.78 is 27.9. The molecule has 0 aliphatic rings. The molecule has 0 atom stereocenters. The number of hydrogen-bond acceptors (Lipinski definition) is 4. The third-order valence-electron chi connectivity index (χ3n) is 4.08. The molecule has 0 spiro atoms. The monoisotopic (exact) mass is 377 g/mol. The highest BCUT2D eigenvalue weighted by molar-refractivity contribution is 7.92. The van der Waals surface area contributed by atoms with Crippen LogP contribution in [0.15, 0.2) is 88.6 Å². The number of rotatable bonds is 4. The van der Waals surface area contributed by atoms with Gasteiger partial charge in [0.05, 0.1) is 21.6 Å². The fourth-order valence-electron chi connectivity index (χ4n) is 2.79. The number of aromatic amines is 1. The van der Waals surface area contributed by atoms with Crippen LogP contribution in [0.2, 0.25) is 0 Å². The Morgan fingerprint density at radius 2 is 1.48 bits per heavy atom. The molecule has 27 heavy (non-hydrogen) atoms. The van der Waals surface area contributed by atoms with Crippen molar-refractivity contribution in [2.75, 3.05) is 4.72 Å². The van der Waals surface area contributed by atoms with E-state index in [1.54, 1.807) is 54.6 Å². The van der Waals surface area contributed by atoms with Crippen LogP contribution in [-0.4, -0.2) is 18.4 Å². The largest absolute Gasteiger partial charge is 0.319 e. The molecule has 2 N–H and O–H groups in total.